The highest BCUT2D eigenvalue weighted by Gasteiger charge is 2.15. The van der Waals surface area contributed by atoms with Crippen LogP contribution in [0.1, 0.15) is 72.1 Å². The van der Waals surface area contributed by atoms with Crippen LogP contribution < -0.4 is 11.1 Å². The monoisotopic (exact) mass is 256 g/mol. The van der Waals surface area contributed by atoms with E-state index in [1.807, 2.05) is 13.8 Å². The van der Waals surface area contributed by atoms with Crippen molar-refractivity contribution in [3.05, 3.63) is 0 Å². The summed E-state index contributed by atoms with van der Waals surface area (Å²) >= 11 is 0. The van der Waals surface area contributed by atoms with Crippen LogP contribution in [0.3, 0.4) is 0 Å². The molecule has 0 aromatic heterocycles. The van der Waals surface area contributed by atoms with E-state index in [1.54, 1.807) is 0 Å². The quantitative estimate of drug-likeness (QED) is 0.558. The number of rotatable bonds is 11. The molecule has 0 heterocycles. The molecule has 1 atom stereocenters. The fourth-order valence-electron chi connectivity index (χ4n) is 1.89. The summed E-state index contributed by atoms with van der Waals surface area (Å²) in [5.41, 5.74) is 5.76. The first-order valence-corrected chi connectivity index (χ1v) is 7.62. The first-order valence-electron chi connectivity index (χ1n) is 7.62. The zero-order chi connectivity index (χ0) is 13.8. The number of carbonyl (C=O) groups is 1. The Hall–Kier alpha value is -0.570. The van der Waals surface area contributed by atoms with Crippen LogP contribution in [0.2, 0.25) is 0 Å². The molecule has 0 aliphatic carbocycles. The maximum atomic E-state index is 11.6. The van der Waals surface area contributed by atoms with Gasteiger partial charge in [-0.2, -0.15) is 0 Å². The van der Waals surface area contributed by atoms with Crippen molar-refractivity contribution in [1.29, 1.82) is 0 Å². The Bertz CT molecular complexity index is 205. The number of nitrogens with two attached hydrogens (primary N) is 1. The highest BCUT2D eigenvalue weighted by Crippen LogP contribution is 2.08. The van der Waals surface area contributed by atoms with Gasteiger partial charge in [0.25, 0.3) is 0 Å². The summed E-state index contributed by atoms with van der Waals surface area (Å²) in [5, 5.41) is 2.91. The van der Waals surface area contributed by atoms with Crippen molar-refractivity contribution in [3.8, 4) is 0 Å². The summed E-state index contributed by atoms with van der Waals surface area (Å²) in [4.78, 5) is 11.6. The number of unbranched alkanes of at least 4 members (excludes halogenated alkanes) is 7. The lowest BCUT2D eigenvalue weighted by Gasteiger charge is -2.15. The molecule has 0 aromatic carbocycles. The van der Waals surface area contributed by atoms with Gasteiger partial charge in [-0.1, -0.05) is 65.7 Å². The lowest BCUT2D eigenvalue weighted by Crippen LogP contribution is -2.44. The van der Waals surface area contributed by atoms with Gasteiger partial charge in [-0.15, -0.1) is 0 Å². The Labute approximate surface area is 113 Å². The minimum Gasteiger partial charge on any atom is -0.355 e. The average Bonchev–Trinajstić information content (AvgIpc) is 2.35. The largest absolute Gasteiger partial charge is 0.355 e. The van der Waals surface area contributed by atoms with Gasteiger partial charge in [0.05, 0.1) is 6.04 Å². The number of hydrogen-bond acceptors (Lipinski definition) is 2. The molecule has 0 spiro atoms. The summed E-state index contributed by atoms with van der Waals surface area (Å²) in [6, 6.07) is -0.362. The van der Waals surface area contributed by atoms with Crippen LogP contribution in [0.25, 0.3) is 0 Å². The smallest absolute Gasteiger partial charge is 0.237 e. The van der Waals surface area contributed by atoms with E-state index in [4.69, 9.17) is 5.73 Å². The molecule has 0 bridgehead atoms. The second kappa shape index (κ2) is 11.5. The molecule has 0 rings (SSSR count). The Kier molecular flexibility index (Phi) is 11.2. The molecule has 0 fully saturated rings. The van der Waals surface area contributed by atoms with Gasteiger partial charge in [0.1, 0.15) is 0 Å². The van der Waals surface area contributed by atoms with E-state index >= 15 is 0 Å². The predicted molar refractivity (Wildman–Crippen MR) is 78.4 cm³/mol. The van der Waals surface area contributed by atoms with Crippen molar-refractivity contribution in [3.63, 3.8) is 0 Å². The normalized spacial score (nSPS) is 12.7. The molecular weight excluding hydrogens is 224 g/mol. The number of nitrogens with one attached hydrogen (secondary N) is 1. The van der Waals surface area contributed by atoms with Crippen molar-refractivity contribution >= 4 is 5.91 Å². The maximum absolute atomic E-state index is 11.6. The van der Waals surface area contributed by atoms with Gasteiger partial charge in [0, 0.05) is 6.54 Å². The summed E-state index contributed by atoms with van der Waals surface area (Å²) in [6.45, 7) is 6.96. The van der Waals surface area contributed by atoms with Crippen molar-refractivity contribution in [2.75, 3.05) is 6.54 Å². The molecule has 1 unspecified atom stereocenters. The van der Waals surface area contributed by atoms with Gasteiger partial charge in [-0.25, -0.2) is 0 Å². The van der Waals surface area contributed by atoms with Gasteiger partial charge in [0.15, 0.2) is 0 Å². The van der Waals surface area contributed by atoms with Crippen LogP contribution in [0.4, 0.5) is 0 Å². The predicted octanol–water partition coefficient (Wildman–Crippen LogP) is 3.23. The van der Waals surface area contributed by atoms with Crippen molar-refractivity contribution in [2.24, 2.45) is 11.7 Å². The SMILES string of the molecule is CCCCCCCCCCNC(=O)C(N)C(C)C. The van der Waals surface area contributed by atoms with E-state index in [-0.39, 0.29) is 17.9 Å². The van der Waals surface area contributed by atoms with E-state index in [1.165, 1.54) is 44.9 Å². The van der Waals surface area contributed by atoms with E-state index < -0.39 is 0 Å². The van der Waals surface area contributed by atoms with Crippen LogP contribution in [-0.2, 0) is 4.79 Å². The van der Waals surface area contributed by atoms with E-state index in [0.29, 0.717) is 0 Å². The molecule has 3 nitrogen and oxygen atoms in total. The highest BCUT2D eigenvalue weighted by atomic mass is 16.2. The van der Waals surface area contributed by atoms with Gasteiger partial charge in [0.2, 0.25) is 5.91 Å². The van der Waals surface area contributed by atoms with Gasteiger partial charge in [-0.05, 0) is 12.3 Å². The van der Waals surface area contributed by atoms with E-state index in [2.05, 4.69) is 12.2 Å². The number of amides is 1. The number of carbonyl (C=O) groups excluding carboxylic acids is 1. The molecule has 0 radical (unpaired) electrons. The molecule has 0 aromatic rings. The molecule has 108 valence electrons. The lowest BCUT2D eigenvalue weighted by molar-refractivity contribution is -0.123. The van der Waals surface area contributed by atoms with Crippen molar-refractivity contribution < 1.29 is 4.79 Å². The summed E-state index contributed by atoms with van der Waals surface area (Å²) < 4.78 is 0. The molecule has 1 amide bonds. The van der Waals surface area contributed by atoms with Crippen LogP contribution in [0, 0.1) is 5.92 Å². The Balaban J connectivity index is 3.27. The molecule has 3 N–H and O–H groups in total. The standard InChI is InChI=1S/C15H32N2O/c1-4-5-6-7-8-9-10-11-12-17-15(18)14(16)13(2)3/h13-14H,4-12,16H2,1-3H3,(H,17,18). The average molecular weight is 256 g/mol. The van der Waals surface area contributed by atoms with Crippen LogP contribution in [0.5, 0.6) is 0 Å². The Morgan fingerprint density at radius 1 is 1.00 bits per heavy atom. The third-order valence-corrected chi connectivity index (χ3v) is 3.35. The van der Waals surface area contributed by atoms with Crippen molar-refractivity contribution in [1.82, 2.24) is 5.32 Å². The molecule has 18 heavy (non-hydrogen) atoms. The summed E-state index contributed by atoms with van der Waals surface area (Å²) in [7, 11) is 0. The minimum absolute atomic E-state index is 0.00653. The first kappa shape index (κ1) is 17.4. The van der Waals surface area contributed by atoms with Crippen LogP contribution in [-0.4, -0.2) is 18.5 Å². The zero-order valence-corrected chi connectivity index (χ0v) is 12.5. The molecule has 0 aliphatic heterocycles. The van der Waals surface area contributed by atoms with Gasteiger partial charge in [-0.3, -0.25) is 4.79 Å². The molecule has 0 saturated heterocycles. The summed E-state index contributed by atoms with van der Waals surface area (Å²) in [5.74, 6) is 0.205. The topological polar surface area (TPSA) is 55.1 Å². The van der Waals surface area contributed by atoms with Crippen molar-refractivity contribution in [2.45, 2.75) is 78.2 Å². The third kappa shape index (κ3) is 9.46. The Morgan fingerprint density at radius 3 is 2.00 bits per heavy atom. The Morgan fingerprint density at radius 2 is 1.50 bits per heavy atom. The van der Waals surface area contributed by atoms with E-state index in [0.717, 1.165) is 13.0 Å². The van der Waals surface area contributed by atoms with Gasteiger partial charge >= 0.3 is 0 Å². The van der Waals surface area contributed by atoms with Crippen LogP contribution in [0.15, 0.2) is 0 Å². The fraction of sp³-hybridized carbons (Fsp3) is 0.933. The van der Waals surface area contributed by atoms with Crippen LogP contribution >= 0.6 is 0 Å². The molecular formula is C15H32N2O. The van der Waals surface area contributed by atoms with Gasteiger partial charge < -0.3 is 11.1 Å². The molecule has 3 heteroatoms. The number of hydrogen-bond donors (Lipinski definition) is 2. The molecule has 0 saturated carbocycles. The summed E-state index contributed by atoms with van der Waals surface area (Å²) in [6.07, 6.45) is 10.3. The zero-order valence-electron chi connectivity index (χ0n) is 12.5. The minimum atomic E-state index is -0.362. The fourth-order valence-corrected chi connectivity index (χ4v) is 1.89. The second-order valence-corrected chi connectivity index (χ2v) is 5.54. The third-order valence-electron chi connectivity index (χ3n) is 3.35. The highest BCUT2D eigenvalue weighted by molar-refractivity contribution is 5.81. The second-order valence-electron chi connectivity index (χ2n) is 5.54. The first-order chi connectivity index (χ1) is 8.59. The van der Waals surface area contributed by atoms with E-state index in [9.17, 15) is 4.79 Å². The molecule has 0 aliphatic rings. The maximum Gasteiger partial charge on any atom is 0.237 e. The lowest BCUT2D eigenvalue weighted by atomic mass is 10.0.